The summed E-state index contributed by atoms with van der Waals surface area (Å²) in [6, 6.07) is 1.48. The quantitative estimate of drug-likeness (QED) is 0.637. The Kier molecular flexibility index (Phi) is 4.15. The van der Waals surface area contributed by atoms with Crippen LogP contribution in [0, 0.1) is 5.92 Å². The molecule has 1 aliphatic heterocycles. The molecule has 0 aliphatic carbocycles. The van der Waals surface area contributed by atoms with Crippen molar-refractivity contribution < 1.29 is 4.79 Å². The van der Waals surface area contributed by atoms with Crippen LogP contribution < -0.4 is 10.6 Å². The Morgan fingerprint density at radius 1 is 1.35 bits per heavy atom. The first-order valence-electron chi connectivity index (χ1n) is 5.37. The highest BCUT2D eigenvalue weighted by Gasteiger charge is 2.21. The number of amides is 1. The number of nitrogens with zero attached hydrogens (tertiary/aromatic N) is 2. The maximum Gasteiger partial charge on any atom is 0.228 e. The van der Waals surface area contributed by atoms with Gasteiger partial charge in [0.15, 0.2) is 0 Å². The predicted octanol–water partition coefficient (Wildman–Crippen LogP) is 1.72. The Labute approximate surface area is 109 Å². The molecule has 1 aromatic rings. The van der Waals surface area contributed by atoms with E-state index in [1.54, 1.807) is 0 Å². The molecule has 0 atom stereocenters. The number of rotatable bonds is 2. The first-order valence-corrected chi connectivity index (χ1v) is 6.12. The van der Waals surface area contributed by atoms with Crippen molar-refractivity contribution in [2.24, 2.45) is 5.92 Å². The lowest BCUT2D eigenvalue weighted by molar-refractivity contribution is -0.120. The van der Waals surface area contributed by atoms with Crippen LogP contribution in [0.2, 0.25) is 10.4 Å². The predicted molar refractivity (Wildman–Crippen MR) is 66.3 cm³/mol. The Morgan fingerprint density at radius 2 is 2.06 bits per heavy atom. The fourth-order valence-corrected chi connectivity index (χ4v) is 2.18. The topological polar surface area (TPSA) is 66.9 Å². The smallest absolute Gasteiger partial charge is 0.228 e. The van der Waals surface area contributed by atoms with Crippen LogP contribution in [0.25, 0.3) is 0 Å². The zero-order valence-electron chi connectivity index (χ0n) is 9.04. The molecule has 7 heteroatoms. The Morgan fingerprint density at radius 3 is 2.71 bits per heavy atom. The van der Waals surface area contributed by atoms with Crippen molar-refractivity contribution in [1.82, 2.24) is 15.3 Å². The molecule has 17 heavy (non-hydrogen) atoms. The summed E-state index contributed by atoms with van der Waals surface area (Å²) in [7, 11) is 0. The standard InChI is InChI=1S/C10H12Cl2N4O/c11-7-5-8(16-10(12)14-7)15-9(17)6-1-3-13-4-2-6/h5-6,13H,1-4H2,(H,14,15,16,17). The molecule has 5 nitrogen and oxygen atoms in total. The normalized spacial score (nSPS) is 16.8. The van der Waals surface area contributed by atoms with Crippen molar-refractivity contribution >= 4 is 34.9 Å². The van der Waals surface area contributed by atoms with Crippen LogP contribution in [0.3, 0.4) is 0 Å². The van der Waals surface area contributed by atoms with Gasteiger partial charge in [0.05, 0.1) is 0 Å². The molecular formula is C10H12Cl2N4O. The minimum absolute atomic E-state index is 0.0174. The van der Waals surface area contributed by atoms with Crippen molar-refractivity contribution in [3.63, 3.8) is 0 Å². The minimum atomic E-state index is -0.0441. The van der Waals surface area contributed by atoms with Gasteiger partial charge in [-0.15, -0.1) is 0 Å². The summed E-state index contributed by atoms with van der Waals surface area (Å²) in [5.41, 5.74) is 0. The van der Waals surface area contributed by atoms with Crippen LogP contribution in [0.5, 0.6) is 0 Å². The van der Waals surface area contributed by atoms with E-state index in [0.717, 1.165) is 25.9 Å². The molecule has 1 fully saturated rings. The molecule has 0 bridgehead atoms. The first-order chi connectivity index (χ1) is 8.15. The lowest BCUT2D eigenvalue weighted by Gasteiger charge is -2.21. The Hall–Kier alpha value is -0.910. The number of nitrogens with one attached hydrogen (secondary N) is 2. The number of hydrogen-bond acceptors (Lipinski definition) is 4. The third-order valence-electron chi connectivity index (χ3n) is 2.63. The third kappa shape index (κ3) is 3.52. The highest BCUT2D eigenvalue weighted by molar-refractivity contribution is 6.32. The average molecular weight is 275 g/mol. The molecule has 0 spiro atoms. The van der Waals surface area contributed by atoms with Crippen molar-refractivity contribution in [1.29, 1.82) is 0 Å². The average Bonchev–Trinajstić information content (AvgIpc) is 2.28. The van der Waals surface area contributed by atoms with Gasteiger partial charge in [0.25, 0.3) is 0 Å². The largest absolute Gasteiger partial charge is 0.317 e. The number of aromatic nitrogens is 2. The molecule has 1 aromatic heterocycles. The van der Waals surface area contributed by atoms with Crippen LogP contribution in [0.15, 0.2) is 6.07 Å². The maximum absolute atomic E-state index is 11.9. The Balaban J connectivity index is 2.01. The van der Waals surface area contributed by atoms with Crippen molar-refractivity contribution in [3.8, 4) is 0 Å². The van der Waals surface area contributed by atoms with Crippen LogP contribution >= 0.6 is 23.2 Å². The van der Waals surface area contributed by atoms with Crippen molar-refractivity contribution in [3.05, 3.63) is 16.5 Å². The minimum Gasteiger partial charge on any atom is -0.317 e. The van der Waals surface area contributed by atoms with Crippen molar-refractivity contribution in [2.45, 2.75) is 12.8 Å². The van der Waals surface area contributed by atoms with E-state index in [1.165, 1.54) is 6.07 Å². The fourth-order valence-electron chi connectivity index (χ4n) is 1.77. The second-order valence-corrected chi connectivity index (χ2v) is 4.58. The van der Waals surface area contributed by atoms with E-state index in [4.69, 9.17) is 23.2 Å². The summed E-state index contributed by atoms with van der Waals surface area (Å²) in [5.74, 6) is 0.319. The molecule has 0 saturated carbocycles. The number of carbonyl (C=O) groups excluding carboxylic acids is 1. The van der Waals surface area contributed by atoms with Crippen molar-refractivity contribution in [2.75, 3.05) is 18.4 Å². The first kappa shape index (κ1) is 12.5. The van der Waals surface area contributed by atoms with Gasteiger partial charge in [0, 0.05) is 12.0 Å². The molecule has 1 aliphatic rings. The van der Waals surface area contributed by atoms with Gasteiger partial charge < -0.3 is 10.6 Å². The van der Waals surface area contributed by atoms with E-state index < -0.39 is 0 Å². The number of anilines is 1. The van der Waals surface area contributed by atoms with Crippen LogP contribution in [0.1, 0.15) is 12.8 Å². The van der Waals surface area contributed by atoms with Gasteiger partial charge in [-0.05, 0) is 37.5 Å². The number of piperidine rings is 1. The Bertz CT molecular complexity index is 401. The lowest BCUT2D eigenvalue weighted by Crippen LogP contribution is -2.34. The zero-order valence-corrected chi connectivity index (χ0v) is 10.6. The fraction of sp³-hybridized carbons (Fsp3) is 0.500. The van der Waals surface area contributed by atoms with Gasteiger partial charge in [-0.3, -0.25) is 4.79 Å². The molecule has 0 aromatic carbocycles. The van der Waals surface area contributed by atoms with Gasteiger partial charge in [0.1, 0.15) is 11.0 Å². The monoisotopic (exact) mass is 274 g/mol. The summed E-state index contributed by atoms with van der Waals surface area (Å²) in [6.45, 7) is 1.73. The van der Waals surface area contributed by atoms with Gasteiger partial charge in [0.2, 0.25) is 11.2 Å². The van der Waals surface area contributed by atoms with E-state index in [1.807, 2.05) is 0 Å². The molecule has 0 radical (unpaired) electrons. The molecule has 2 heterocycles. The molecule has 2 N–H and O–H groups in total. The van der Waals surface area contributed by atoms with E-state index in [0.29, 0.717) is 5.82 Å². The van der Waals surface area contributed by atoms with Gasteiger partial charge in [-0.2, -0.15) is 0 Å². The summed E-state index contributed by atoms with van der Waals surface area (Å²) in [6.07, 6.45) is 1.66. The summed E-state index contributed by atoms with van der Waals surface area (Å²) >= 11 is 11.4. The zero-order chi connectivity index (χ0) is 12.3. The lowest BCUT2D eigenvalue weighted by atomic mass is 9.97. The number of halogens is 2. The second-order valence-electron chi connectivity index (χ2n) is 3.86. The third-order valence-corrected chi connectivity index (χ3v) is 2.99. The molecule has 0 unspecified atom stereocenters. The number of hydrogen-bond donors (Lipinski definition) is 2. The van der Waals surface area contributed by atoms with Gasteiger partial charge >= 0.3 is 0 Å². The summed E-state index contributed by atoms with van der Waals surface area (Å²) in [4.78, 5) is 19.5. The highest BCUT2D eigenvalue weighted by Crippen LogP contribution is 2.17. The van der Waals surface area contributed by atoms with E-state index in [2.05, 4.69) is 20.6 Å². The second kappa shape index (κ2) is 5.62. The molecule has 2 rings (SSSR count). The van der Waals surface area contributed by atoms with Crippen LogP contribution in [0.4, 0.5) is 5.82 Å². The molecule has 1 saturated heterocycles. The SMILES string of the molecule is O=C(Nc1cc(Cl)nc(Cl)n1)C1CCNCC1. The summed E-state index contributed by atoms with van der Waals surface area (Å²) in [5, 5.41) is 6.15. The molecular weight excluding hydrogens is 263 g/mol. The van der Waals surface area contributed by atoms with Gasteiger partial charge in [-0.1, -0.05) is 11.6 Å². The van der Waals surface area contributed by atoms with E-state index >= 15 is 0 Å². The molecule has 92 valence electrons. The highest BCUT2D eigenvalue weighted by atomic mass is 35.5. The summed E-state index contributed by atoms with van der Waals surface area (Å²) < 4.78 is 0. The van der Waals surface area contributed by atoms with Gasteiger partial charge in [-0.25, -0.2) is 9.97 Å². The van der Waals surface area contributed by atoms with E-state index in [-0.39, 0.29) is 22.3 Å². The number of carbonyl (C=O) groups is 1. The van der Waals surface area contributed by atoms with E-state index in [9.17, 15) is 4.79 Å². The van der Waals surface area contributed by atoms with Crippen LogP contribution in [-0.2, 0) is 4.79 Å². The molecule has 1 amide bonds. The maximum atomic E-state index is 11.9. The van der Waals surface area contributed by atoms with Crippen LogP contribution in [-0.4, -0.2) is 29.0 Å².